The van der Waals surface area contributed by atoms with E-state index in [1.54, 1.807) is 11.3 Å². The summed E-state index contributed by atoms with van der Waals surface area (Å²) < 4.78 is 5.21. The second kappa shape index (κ2) is 4.99. The highest BCUT2D eigenvalue weighted by atomic mass is 32.1. The van der Waals surface area contributed by atoms with Gasteiger partial charge in [-0.15, -0.1) is 11.3 Å². The fourth-order valence-electron chi connectivity index (χ4n) is 2.21. The number of nitrogens with one attached hydrogen (secondary N) is 1. The highest BCUT2D eigenvalue weighted by Crippen LogP contribution is 2.27. The number of aryl methyl sites for hydroxylation is 1. The van der Waals surface area contributed by atoms with Crippen molar-refractivity contribution < 1.29 is 9.63 Å². The van der Waals surface area contributed by atoms with E-state index in [0.29, 0.717) is 31.1 Å². The number of aliphatic hydroxyl groups is 1. The molecule has 1 unspecified atom stereocenters. The molecule has 19 heavy (non-hydrogen) atoms. The van der Waals surface area contributed by atoms with Crippen molar-refractivity contribution in [3.8, 4) is 0 Å². The Bertz CT molecular complexity index is 560. The van der Waals surface area contributed by atoms with E-state index in [0.717, 1.165) is 23.7 Å². The lowest BCUT2D eigenvalue weighted by Gasteiger charge is -2.28. The van der Waals surface area contributed by atoms with Crippen LogP contribution in [0.4, 0.5) is 0 Å². The summed E-state index contributed by atoms with van der Waals surface area (Å²) in [4.78, 5) is 8.68. The molecule has 0 spiro atoms. The minimum absolute atomic E-state index is 0.308. The van der Waals surface area contributed by atoms with Gasteiger partial charge in [0.05, 0.1) is 6.42 Å². The van der Waals surface area contributed by atoms with E-state index in [1.165, 1.54) is 0 Å². The van der Waals surface area contributed by atoms with Crippen LogP contribution in [0.1, 0.15) is 35.3 Å². The van der Waals surface area contributed by atoms with Crippen LogP contribution < -0.4 is 5.32 Å². The van der Waals surface area contributed by atoms with Gasteiger partial charge in [0, 0.05) is 17.6 Å². The zero-order valence-corrected chi connectivity index (χ0v) is 11.5. The minimum Gasteiger partial charge on any atom is -0.379 e. The Hall–Kier alpha value is -1.31. The van der Waals surface area contributed by atoms with Crippen LogP contribution in [-0.2, 0) is 12.0 Å². The first-order chi connectivity index (χ1) is 9.16. The Kier molecular flexibility index (Phi) is 3.34. The van der Waals surface area contributed by atoms with Gasteiger partial charge in [0.25, 0.3) is 5.89 Å². The highest BCUT2D eigenvalue weighted by Gasteiger charge is 2.37. The fraction of sp³-hybridized carbons (Fsp3) is 0.583. The Morgan fingerprint density at radius 2 is 2.42 bits per heavy atom. The summed E-state index contributed by atoms with van der Waals surface area (Å²) in [5, 5.41) is 20.5. The second-order valence-corrected chi connectivity index (χ2v) is 5.83. The number of hydrogen-bond donors (Lipinski definition) is 2. The van der Waals surface area contributed by atoms with Crippen molar-refractivity contribution in [3.63, 3.8) is 0 Å². The van der Waals surface area contributed by atoms with Crippen molar-refractivity contribution in [3.05, 3.63) is 27.8 Å². The molecule has 0 amide bonds. The number of β-amino-alcohol motifs (C(OH)–C–C–N with tert-alkyl or cyclic N) is 1. The molecule has 3 rings (SSSR count). The Labute approximate surface area is 114 Å². The molecule has 0 aromatic carbocycles. The topological polar surface area (TPSA) is 84.1 Å². The maximum absolute atomic E-state index is 10.5. The standard InChI is InChI=1S/C12H16N4O2S/c1-8-6-19-10(14-8)5-9-15-11(18-16-9)12(17)3-2-4-13-7-12/h6,13,17H,2-5,7H2,1H3. The largest absolute Gasteiger partial charge is 0.379 e. The average molecular weight is 280 g/mol. The van der Waals surface area contributed by atoms with Gasteiger partial charge >= 0.3 is 0 Å². The van der Waals surface area contributed by atoms with Crippen molar-refractivity contribution in [2.75, 3.05) is 13.1 Å². The molecule has 7 heteroatoms. The third-order valence-electron chi connectivity index (χ3n) is 3.20. The van der Waals surface area contributed by atoms with Gasteiger partial charge < -0.3 is 14.9 Å². The molecular weight excluding hydrogens is 264 g/mol. The maximum Gasteiger partial charge on any atom is 0.259 e. The first-order valence-electron chi connectivity index (χ1n) is 6.33. The first-order valence-corrected chi connectivity index (χ1v) is 7.21. The number of thiazole rings is 1. The van der Waals surface area contributed by atoms with Gasteiger partial charge in [-0.2, -0.15) is 4.98 Å². The fourth-order valence-corrected chi connectivity index (χ4v) is 2.97. The van der Waals surface area contributed by atoms with Crippen LogP contribution in [0.2, 0.25) is 0 Å². The van der Waals surface area contributed by atoms with Gasteiger partial charge in [0.1, 0.15) is 5.01 Å². The minimum atomic E-state index is -1.03. The van der Waals surface area contributed by atoms with Crippen LogP contribution in [0.5, 0.6) is 0 Å². The molecule has 3 heterocycles. The normalized spacial score (nSPS) is 23.7. The first kappa shape index (κ1) is 12.7. The van der Waals surface area contributed by atoms with Crippen LogP contribution >= 0.6 is 11.3 Å². The van der Waals surface area contributed by atoms with Gasteiger partial charge in [-0.05, 0) is 26.3 Å². The van der Waals surface area contributed by atoms with Crippen LogP contribution in [-0.4, -0.2) is 33.3 Å². The summed E-state index contributed by atoms with van der Waals surface area (Å²) in [6.07, 6.45) is 2.10. The van der Waals surface area contributed by atoms with E-state index in [-0.39, 0.29) is 0 Å². The zero-order valence-electron chi connectivity index (χ0n) is 10.7. The lowest BCUT2D eigenvalue weighted by Crippen LogP contribution is -2.43. The molecule has 6 nitrogen and oxygen atoms in total. The second-order valence-electron chi connectivity index (χ2n) is 4.89. The van der Waals surface area contributed by atoms with Crippen molar-refractivity contribution in [1.29, 1.82) is 0 Å². The van der Waals surface area contributed by atoms with Crippen molar-refractivity contribution in [2.45, 2.75) is 31.8 Å². The van der Waals surface area contributed by atoms with E-state index in [2.05, 4.69) is 20.4 Å². The molecule has 102 valence electrons. The van der Waals surface area contributed by atoms with Crippen molar-refractivity contribution >= 4 is 11.3 Å². The average Bonchev–Trinajstić information content (AvgIpc) is 3.01. The van der Waals surface area contributed by atoms with Crippen molar-refractivity contribution in [1.82, 2.24) is 20.4 Å². The molecule has 1 atom stereocenters. The van der Waals surface area contributed by atoms with Gasteiger partial charge in [0.15, 0.2) is 11.4 Å². The lowest BCUT2D eigenvalue weighted by atomic mass is 9.94. The van der Waals surface area contributed by atoms with Gasteiger partial charge in [-0.1, -0.05) is 5.16 Å². The molecular formula is C12H16N4O2S. The molecule has 1 aliphatic heterocycles. The quantitative estimate of drug-likeness (QED) is 0.872. The Morgan fingerprint density at radius 1 is 1.53 bits per heavy atom. The van der Waals surface area contributed by atoms with Crippen molar-refractivity contribution in [2.24, 2.45) is 0 Å². The molecule has 0 saturated carbocycles. The molecule has 1 aliphatic rings. The third kappa shape index (κ3) is 2.68. The summed E-state index contributed by atoms with van der Waals surface area (Å²) in [6, 6.07) is 0. The number of aromatic nitrogens is 3. The number of hydrogen-bond acceptors (Lipinski definition) is 7. The van der Waals surface area contributed by atoms with E-state index in [1.807, 2.05) is 12.3 Å². The summed E-state index contributed by atoms with van der Waals surface area (Å²) in [6.45, 7) is 3.34. The van der Waals surface area contributed by atoms with Gasteiger partial charge in [0.2, 0.25) is 0 Å². The van der Waals surface area contributed by atoms with Crippen LogP contribution in [0.3, 0.4) is 0 Å². The summed E-state index contributed by atoms with van der Waals surface area (Å²) in [5.74, 6) is 0.881. The molecule has 0 radical (unpaired) electrons. The zero-order chi connectivity index (χ0) is 13.3. The van der Waals surface area contributed by atoms with E-state index in [4.69, 9.17) is 4.52 Å². The van der Waals surface area contributed by atoms with Gasteiger partial charge in [-0.3, -0.25) is 0 Å². The number of rotatable bonds is 3. The van der Waals surface area contributed by atoms with Crippen LogP contribution in [0, 0.1) is 6.92 Å². The third-order valence-corrected chi connectivity index (χ3v) is 4.17. The number of piperidine rings is 1. The SMILES string of the molecule is Cc1csc(Cc2noc(C3(O)CCCNC3)n2)n1. The highest BCUT2D eigenvalue weighted by molar-refractivity contribution is 7.09. The molecule has 2 aromatic heterocycles. The molecule has 0 bridgehead atoms. The molecule has 2 N–H and O–H groups in total. The summed E-state index contributed by atoms with van der Waals surface area (Å²) in [7, 11) is 0. The Balaban J connectivity index is 1.75. The summed E-state index contributed by atoms with van der Waals surface area (Å²) >= 11 is 1.58. The molecule has 1 fully saturated rings. The summed E-state index contributed by atoms with van der Waals surface area (Å²) in [5.41, 5.74) is -0.0266. The smallest absolute Gasteiger partial charge is 0.259 e. The van der Waals surface area contributed by atoms with E-state index >= 15 is 0 Å². The monoisotopic (exact) mass is 280 g/mol. The van der Waals surface area contributed by atoms with Crippen LogP contribution in [0.15, 0.2) is 9.90 Å². The number of nitrogens with zero attached hydrogens (tertiary/aromatic N) is 3. The Morgan fingerprint density at radius 3 is 3.11 bits per heavy atom. The molecule has 0 aliphatic carbocycles. The lowest BCUT2D eigenvalue weighted by molar-refractivity contribution is -0.0167. The van der Waals surface area contributed by atoms with E-state index in [9.17, 15) is 5.11 Å². The van der Waals surface area contributed by atoms with E-state index < -0.39 is 5.60 Å². The van der Waals surface area contributed by atoms with Gasteiger partial charge in [-0.25, -0.2) is 4.98 Å². The molecule has 2 aromatic rings. The van der Waals surface area contributed by atoms with Crippen LogP contribution in [0.25, 0.3) is 0 Å². The predicted molar refractivity (Wildman–Crippen MR) is 70.0 cm³/mol. The predicted octanol–water partition coefficient (Wildman–Crippen LogP) is 0.996. The maximum atomic E-state index is 10.5. The molecule has 1 saturated heterocycles.